The van der Waals surface area contributed by atoms with Crippen molar-refractivity contribution in [3.63, 3.8) is 0 Å². The number of hydrogen-bond acceptors (Lipinski definition) is 4. The van der Waals surface area contributed by atoms with Gasteiger partial charge in [0.1, 0.15) is 13.1 Å². The number of aliphatic carboxylic acids is 1. The minimum Gasteiger partial charge on any atom is -0.480 e. The standard InChI is InChI=1S/C12H23N3O5/c1-12(2,4-5-20-3)8-14-11(19)15(6-9(13)16)7-10(17)18/h4-8H2,1-3H3,(H2,13,16)(H,14,19)(H,17,18). The van der Waals surface area contributed by atoms with E-state index in [-0.39, 0.29) is 5.41 Å². The molecule has 0 radical (unpaired) electrons. The van der Waals surface area contributed by atoms with Crippen LogP contribution in [0.25, 0.3) is 0 Å². The Labute approximate surface area is 118 Å². The lowest BCUT2D eigenvalue weighted by Crippen LogP contribution is -2.48. The quantitative estimate of drug-likeness (QED) is 0.534. The maximum Gasteiger partial charge on any atom is 0.323 e. The van der Waals surface area contributed by atoms with Crippen LogP contribution in [0.2, 0.25) is 0 Å². The number of urea groups is 1. The molecule has 0 unspecified atom stereocenters. The van der Waals surface area contributed by atoms with E-state index in [0.29, 0.717) is 13.2 Å². The van der Waals surface area contributed by atoms with E-state index in [1.54, 1.807) is 7.11 Å². The van der Waals surface area contributed by atoms with Gasteiger partial charge in [0.25, 0.3) is 0 Å². The highest BCUT2D eigenvalue weighted by atomic mass is 16.5. The number of rotatable bonds is 9. The summed E-state index contributed by atoms with van der Waals surface area (Å²) in [6.07, 6.45) is 0.735. The number of carboxylic acid groups (broad SMARTS) is 1. The van der Waals surface area contributed by atoms with Crippen LogP contribution >= 0.6 is 0 Å². The molecule has 8 nitrogen and oxygen atoms in total. The fourth-order valence-corrected chi connectivity index (χ4v) is 1.44. The van der Waals surface area contributed by atoms with E-state index >= 15 is 0 Å². The molecule has 0 saturated heterocycles. The second-order valence-electron chi connectivity index (χ2n) is 5.28. The maximum atomic E-state index is 11.8. The fraction of sp³-hybridized carbons (Fsp3) is 0.750. The van der Waals surface area contributed by atoms with Gasteiger partial charge in [-0.15, -0.1) is 0 Å². The van der Waals surface area contributed by atoms with Crippen molar-refractivity contribution in [2.45, 2.75) is 20.3 Å². The SMILES string of the molecule is COCCC(C)(C)CNC(=O)N(CC(N)=O)CC(=O)O. The van der Waals surface area contributed by atoms with Gasteiger partial charge in [-0.2, -0.15) is 0 Å². The van der Waals surface area contributed by atoms with Crippen LogP contribution in [-0.4, -0.2) is 61.3 Å². The van der Waals surface area contributed by atoms with Gasteiger partial charge in [-0.25, -0.2) is 4.79 Å². The van der Waals surface area contributed by atoms with Crippen molar-refractivity contribution in [1.82, 2.24) is 10.2 Å². The van der Waals surface area contributed by atoms with Gasteiger partial charge in [0.15, 0.2) is 0 Å². The number of carbonyl (C=O) groups excluding carboxylic acids is 2. The Hall–Kier alpha value is -1.83. The Balaban J connectivity index is 4.44. The Kier molecular flexibility index (Phi) is 7.60. The van der Waals surface area contributed by atoms with Crippen LogP contribution in [0.1, 0.15) is 20.3 Å². The van der Waals surface area contributed by atoms with Crippen molar-refractivity contribution in [1.29, 1.82) is 0 Å². The molecule has 0 aliphatic carbocycles. The Morgan fingerprint density at radius 3 is 2.35 bits per heavy atom. The first-order valence-electron chi connectivity index (χ1n) is 6.20. The van der Waals surface area contributed by atoms with Gasteiger partial charge >= 0.3 is 12.0 Å². The molecular weight excluding hydrogens is 266 g/mol. The average molecular weight is 289 g/mol. The smallest absolute Gasteiger partial charge is 0.323 e. The molecule has 0 heterocycles. The van der Waals surface area contributed by atoms with E-state index < -0.39 is 31.0 Å². The molecule has 0 aromatic carbocycles. The number of amides is 3. The Bertz CT molecular complexity index is 341. The molecule has 0 aliphatic heterocycles. The predicted molar refractivity (Wildman–Crippen MR) is 72.1 cm³/mol. The molecule has 0 spiro atoms. The summed E-state index contributed by atoms with van der Waals surface area (Å²) < 4.78 is 4.98. The van der Waals surface area contributed by atoms with Crippen molar-refractivity contribution >= 4 is 17.9 Å². The minimum absolute atomic E-state index is 0.201. The third-order valence-corrected chi connectivity index (χ3v) is 2.66. The van der Waals surface area contributed by atoms with E-state index in [4.69, 9.17) is 15.6 Å². The summed E-state index contributed by atoms with van der Waals surface area (Å²) in [7, 11) is 1.59. The van der Waals surface area contributed by atoms with Crippen molar-refractivity contribution in [2.75, 3.05) is 33.4 Å². The van der Waals surface area contributed by atoms with Gasteiger partial charge < -0.3 is 25.8 Å². The van der Waals surface area contributed by atoms with Crippen LogP contribution in [0.15, 0.2) is 0 Å². The van der Waals surface area contributed by atoms with Crippen molar-refractivity contribution < 1.29 is 24.2 Å². The van der Waals surface area contributed by atoms with E-state index in [9.17, 15) is 14.4 Å². The molecule has 116 valence electrons. The summed E-state index contributed by atoms with van der Waals surface area (Å²) in [5, 5.41) is 11.3. The molecule has 0 fully saturated rings. The predicted octanol–water partition coefficient (Wildman–Crippen LogP) is -0.369. The Morgan fingerprint density at radius 2 is 1.90 bits per heavy atom. The summed E-state index contributed by atoms with van der Waals surface area (Å²) in [6.45, 7) is 3.78. The van der Waals surface area contributed by atoms with Gasteiger partial charge in [0.2, 0.25) is 5.91 Å². The number of nitrogens with two attached hydrogens (primary N) is 1. The van der Waals surface area contributed by atoms with Gasteiger partial charge in [-0.05, 0) is 11.8 Å². The molecule has 20 heavy (non-hydrogen) atoms. The summed E-state index contributed by atoms with van der Waals surface area (Å²) >= 11 is 0. The van der Waals surface area contributed by atoms with Gasteiger partial charge in [-0.1, -0.05) is 13.8 Å². The van der Waals surface area contributed by atoms with Crippen molar-refractivity contribution in [3.05, 3.63) is 0 Å². The van der Waals surface area contributed by atoms with Crippen LogP contribution in [-0.2, 0) is 14.3 Å². The number of carbonyl (C=O) groups is 3. The normalized spacial score (nSPS) is 10.9. The largest absolute Gasteiger partial charge is 0.480 e. The van der Waals surface area contributed by atoms with Crippen LogP contribution in [0.5, 0.6) is 0 Å². The van der Waals surface area contributed by atoms with Crippen molar-refractivity contribution in [2.24, 2.45) is 11.1 Å². The number of nitrogens with zero attached hydrogens (tertiary/aromatic N) is 1. The Morgan fingerprint density at radius 1 is 1.30 bits per heavy atom. The lowest BCUT2D eigenvalue weighted by atomic mass is 9.90. The zero-order valence-corrected chi connectivity index (χ0v) is 12.1. The molecule has 0 saturated carbocycles. The topological polar surface area (TPSA) is 122 Å². The first-order chi connectivity index (χ1) is 9.18. The third kappa shape index (κ3) is 8.30. The molecule has 4 N–H and O–H groups in total. The number of hydrogen-bond donors (Lipinski definition) is 3. The number of methoxy groups -OCH3 is 1. The second-order valence-corrected chi connectivity index (χ2v) is 5.28. The third-order valence-electron chi connectivity index (χ3n) is 2.66. The van der Waals surface area contributed by atoms with Gasteiger partial charge in [-0.3, -0.25) is 9.59 Å². The molecule has 8 heteroatoms. The summed E-state index contributed by atoms with van der Waals surface area (Å²) in [5.74, 6) is -1.97. The van der Waals surface area contributed by atoms with E-state index in [2.05, 4.69) is 5.32 Å². The minimum atomic E-state index is -1.21. The van der Waals surface area contributed by atoms with E-state index in [1.807, 2.05) is 13.8 Å². The van der Waals surface area contributed by atoms with E-state index in [1.165, 1.54) is 0 Å². The number of carboxylic acids is 1. The highest BCUT2D eigenvalue weighted by molar-refractivity contribution is 5.85. The first-order valence-corrected chi connectivity index (χ1v) is 6.20. The molecule has 0 aromatic heterocycles. The molecule has 0 aliphatic rings. The van der Waals surface area contributed by atoms with Crippen LogP contribution in [0.4, 0.5) is 4.79 Å². The van der Waals surface area contributed by atoms with Crippen LogP contribution in [0.3, 0.4) is 0 Å². The molecular formula is C12H23N3O5. The summed E-state index contributed by atoms with van der Waals surface area (Å²) in [5.41, 5.74) is 4.78. The summed E-state index contributed by atoms with van der Waals surface area (Å²) in [6, 6.07) is -0.628. The monoisotopic (exact) mass is 289 g/mol. The summed E-state index contributed by atoms with van der Waals surface area (Å²) in [4.78, 5) is 34.2. The zero-order valence-electron chi connectivity index (χ0n) is 12.1. The number of ether oxygens (including phenoxy) is 1. The lowest BCUT2D eigenvalue weighted by molar-refractivity contribution is -0.137. The average Bonchev–Trinajstić information content (AvgIpc) is 2.31. The fourth-order valence-electron chi connectivity index (χ4n) is 1.44. The van der Waals surface area contributed by atoms with E-state index in [0.717, 1.165) is 11.3 Å². The molecule has 3 amide bonds. The molecule has 0 bridgehead atoms. The maximum absolute atomic E-state index is 11.8. The zero-order chi connectivity index (χ0) is 15.8. The van der Waals surface area contributed by atoms with Crippen LogP contribution in [0, 0.1) is 5.41 Å². The van der Waals surface area contributed by atoms with Crippen molar-refractivity contribution in [3.8, 4) is 0 Å². The van der Waals surface area contributed by atoms with Gasteiger partial charge in [0, 0.05) is 20.3 Å². The number of primary amides is 1. The molecule has 0 atom stereocenters. The lowest BCUT2D eigenvalue weighted by Gasteiger charge is -2.27. The molecule has 0 aromatic rings. The second kappa shape index (κ2) is 8.36. The highest BCUT2D eigenvalue weighted by Crippen LogP contribution is 2.18. The number of nitrogens with one attached hydrogen (secondary N) is 1. The first kappa shape index (κ1) is 18.2. The highest BCUT2D eigenvalue weighted by Gasteiger charge is 2.22. The molecule has 0 rings (SSSR count). The van der Waals surface area contributed by atoms with Gasteiger partial charge in [0.05, 0.1) is 0 Å². The van der Waals surface area contributed by atoms with Crippen LogP contribution < -0.4 is 11.1 Å².